The molecule has 0 saturated heterocycles. The Balaban J connectivity index is 2.22. The van der Waals surface area contributed by atoms with Crippen LogP contribution in [-0.2, 0) is 0 Å². The third kappa shape index (κ3) is 2.31. The lowest BCUT2D eigenvalue weighted by molar-refractivity contribution is 0.464. The predicted molar refractivity (Wildman–Crippen MR) is 105 cm³/mol. The summed E-state index contributed by atoms with van der Waals surface area (Å²) in [5, 5.41) is 2.16. The topological polar surface area (TPSA) is 9.23 Å². The van der Waals surface area contributed by atoms with E-state index in [4.69, 9.17) is 4.74 Å². The third-order valence-corrected chi connectivity index (χ3v) is 5.35. The van der Waals surface area contributed by atoms with Gasteiger partial charge in [-0.3, -0.25) is 0 Å². The molecule has 124 valence electrons. The number of ether oxygens (including phenoxy) is 1. The maximum Gasteiger partial charge on any atom is 0.138 e. The van der Waals surface area contributed by atoms with Gasteiger partial charge in [-0.1, -0.05) is 49.0 Å². The minimum Gasteiger partial charge on any atom is -0.455 e. The van der Waals surface area contributed by atoms with E-state index in [0.717, 1.165) is 27.5 Å². The fourth-order valence-electron chi connectivity index (χ4n) is 3.57. The highest BCUT2D eigenvalue weighted by Crippen LogP contribution is 2.40. The lowest BCUT2D eigenvalue weighted by Gasteiger charge is -2.25. The smallest absolute Gasteiger partial charge is 0.138 e. The zero-order valence-corrected chi connectivity index (χ0v) is 15.2. The summed E-state index contributed by atoms with van der Waals surface area (Å²) in [6.07, 6.45) is 0. The Bertz CT molecular complexity index is 1120. The third-order valence-electron chi connectivity index (χ3n) is 5.35. The summed E-state index contributed by atoms with van der Waals surface area (Å²) in [7, 11) is 0. The van der Waals surface area contributed by atoms with Crippen LogP contribution in [0.2, 0.25) is 0 Å². The summed E-state index contributed by atoms with van der Waals surface area (Å²) >= 11 is 0. The van der Waals surface area contributed by atoms with Gasteiger partial charge in [0.1, 0.15) is 11.5 Å². The van der Waals surface area contributed by atoms with Gasteiger partial charge in [0.25, 0.3) is 0 Å². The van der Waals surface area contributed by atoms with E-state index in [2.05, 4.69) is 82.8 Å². The van der Waals surface area contributed by atoms with Gasteiger partial charge >= 0.3 is 0 Å². The first-order valence-corrected chi connectivity index (χ1v) is 8.66. The van der Waals surface area contributed by atoms with E-state index in [1.807, 2.05) is 0 Å². The van der Waals surface area contributed by atoms with Crippen LogP contribution in [0.5, 0.6) is 11.5 Å². The van der Waals surface area contributed by atoms with Gasteiger partial charge in [0.05, 0.1) is 0 Å². The molecule has 0 amide bonds. The van der Waals surface area contributed by atoms with E-state index in [1.54, 1.807) is 0 Å². The second kappa shape index (κ2) is 5.63. The van der Waals surface area contributed by atoms with E-state index in [-0.39, 0.29) is 0 Å². The Morgan fingerprint density at radius 2 is 1.44 bits per heavy atom. The Kier molecular flexibility index (Phi) is 3.54. The van der Waals surface area contributed by atoms with Crippen LogP contribution >= 0.6 is 0 Å². The largest absolute Gasteiger partial charge is 0.455 e. The molecular formula is C24H22O. The van der Waals surface area contributed by atoms with Crippen LogP contribution in [-0.4, -0.2) is 0 Å². The molecule has 0 radical (unpaired) electrons. The van der Waals surface area contributed by atoms with Crippen molar-refractivity contribution in [3.8, 4) is 11.5 Å². The molecule has 0 N–H and O–H groups in total. The average Bonchev–Trinajstić information content (AvgIpc) is 2.61. The lowest BCUT2D eigenvalue weighted by atomic mass is 9.87. The van der Waals surface area contributed by atoms with Crippen molar-refractivity contribution in [1.82, 2.24) is 0 Å². The number of rotatable bonds is 1. The number of benzene rings is 3. The predicted octanol–water partition coefficient (Wildman–Crippen LogP) is 4.68. The molecule has 1 aliphatic rings. The quantitative estimate of drug-likeness (QED) is 0.493. The molecule has 4 rings (SSSR count). The first-order valence-electron chi connectivity index (χ1n) is 8.66. The van der Waals surface area contributed by atoms with Crippen molar-refractivity contribution in [2.24, 2.45) is 0 Å². The average molecular weight is 326 g/mol. The molecule has 3 aromatic carbocycles. The summed E-state index contributed by atoms with van der Waals surface area (Å²) in [5.74, 6) is 1.91. The number of fused-ring (bicyclic) bond motifs is 2. The van der Waals surface area contributed by atoms with Crippen molar-refractivity contribution in [2.75, 3.05) is 0 Å². The summed E-state index contributed by atoms with van der Waals surface area (Å²) in [6, 6.07) is 17.2. The highest BCUT2D eigenvalue weighted by atomic mass is 16.5. The van der Waals surface area contributed by atoms with Crippen molar-refractivity contribution in [3.05, 3.63) is 92.3 Å². The number of aryl methyl sites for hydroxylation is 2. The van der Waals surface area contributed by atoms with E-state index in [1.165, 1.54) is 33.4 Å². The molecular weight excluding hydrogens is 304 g/mol. The number of hydrogen-bond donors (Lipinski definition) is 0. The van der Waals surface area contributed by atoms with E-state index < -0.39 is 0 Å². The van der Waals surface area contributed by atoms with Crippen molar-refractivity contribution >= 4 is 12.2 Å². The van der Waals surface area contributed by atoms with Crippen LogP contribution in [0.4, 0.5) is 0 Å². The first kappa shape index (κ1) is 15.7. The zero-order chi connectivity index (χ0) is 17.7. The van der Waals surface area contributed by atoms with Gasteiger partial charge in [-0.15, -0.1) is 0 Å². The molecule has 0 spiro atoms. The van der Waals surface area contributed by atoms with Gasteiger partial charge in [0.15, 0.2) is 0 Å². The fraction of sp³-hybridized carbons (Fsp3) is 0.167. The molecule has 3 aromatic rings. The molecule has 1 heterocycles. The summed E-state index contributed by atoms with van der Waals surface area (Å²) in [4.78, 5) is 0. The Morgan fingerprint density at radius 1 is 0.680 bits per heavy atom. The van der Waals surface area contributed by atoms with Gasteiger partial charge in [0, 0.05) is 16.4 Å². The maximum absolute atomic E-state index is 6.43. The molecule has 0 fully saturated rings. The molecule has 1 nitrogen and oxygen atoms in total. The molecule has 0 saturated carbocycles. The minimum atomic E-state index is 0.937. The molecule has 1 heteroatoms. The van der Waals surface area contributed by atoms with Crippen LogP contribution in [0.15, 0.2) is 48.5 Å². The lowest BCUT2D eigenvalue weighted by Crippen LogP contribution is -2.23. The zero-order valence-electron chi connectivity index (χ0n) is 15.2. The second-order valence-electron chi connectivity index (χ2n) is 6.90. The van der Waals surface area contributed by atoms with E-state index in [0.29, 0.717) is 0 Å². The molecule has 0 atom stereocenters. The van der Waals surface area contributed by atoms with Crippen LogP contribution in [0.3, 0.4) is 0 Å². The van der Waals surface area contributed by atoms with E-state index >= 15 is 0 Å². The standard InChI is InChI=1S/C24H22O/c1-14-10-12-20-22(19-9-7-6-8-16(19)3)21-13-11-15(2)18(5)24(21)25-23(20)17(14)4/h6-13H,1H2,2-5H3. The van der Waals surface area contributed by atoms with Crippen molar-refractivity contribution in [1.29, 1.82) is 0 Å². The molecule has 0 aliphatic carbocycles. The molecule has 1 aliphatic heterocycles. The summed E-state index contributed by atoms with van der Waals surface area (Å²) in [6.45, 7) is 12.7. The Labute approximate surface area is 148 Å². The van der Waals surface area contributed by atoms with Crippen molar-refractivity contribution in [2.45, 2.75) is 27.7 Å². The molecule has 0 aromatic heterocycles. The van der Waals surface area contributed by atoms with Crippen LogP contribution in [0.1, 0.15) is 33.4 Å². The van der Waals surface area contributed by atoms with Gasteiger partial charge in [-0.05, 0) is 66.8 Å². The van der Waals surface area contributed by atoms with Crippen LogP contribution < -0.4 is 15.2 Å². The summed E-state index contributed by atoms with van der Waals surface area (Å²) < 4.78 is 6.43. The second-order valence-corrected chi connectivity index (χ2v) is 6.90. The SMILES string of the molecule is C=c1ccc2c(c1C)Oc1c(ccc(C)c1C)C=2c1ccccc1C. The Hall–Kier alpha value is -2.80. The van der Waals surface area contributed by atoms with Gasteiger partial charge in [0.2, 0.25) is 0 Å². The molecule has 0 bridgehead atoms. The van der Waals surface area contributed by atoms with Gasteiger partial charge < -0.3 is 4.74 Å². The van der Waals surface area contributed by atoms with Crippen LogP contribution in [0.25, 0.3) is 12.2 Å². The number of hydrogen-bond acceptors (Lipinski definition) is 1. The highest BCUT2D eigenvalue weighted by molar-refractivity contribution is 5.87. The highest BCUT2D eigenvalue weighted by Gasteiger charge is 2.24. The summed E-state index contributed by atoms with van der Waals surface area (Å²) in [5.41, 5.74) is 8.49. The maximum atomic E-state index is 6.43. The van der Waals surface area contributed by atoms with Gasteiger partial charge in [-0.2, -0.15) is 0 Å². The normalized spacial score (nSPS) is 12.4. The molecule has 0 unspecified atom stereocenters. The van der Waals surface area contributed by atoms with Crippen molar-refractivity contribution in [3.63, 3.8) is 0 Å². The van der Waals surface area contributed by atoms with Gasteiger partial charge in [-0.25, -0.2) is 0 Å². The monoisotopic (exact) mass is 326 g/mol. The van der Waals surface area contributed by atoms with Crippen molar-refractivity contribution < 1.29 is 4.74 Å². The van der Waals surface area contributed by atoms with E-state index in [9.17, 15) is 0 Å². The minimum absolute atomic E-state index is 0.937. The van der Waals surface area contributed by atoms with Crippen LogP contribution in [0, 0.1) is 27.7 Å². The first-order chi connectivity index (χ1) is 12.0. The molecule has 25 heavy (non-hydrogen) atoms. The fourth-order valence-corrected chi connectivity index (χ4v) is 3.57. The Morgan fingerprint density at radius 3 is 2.20 bits per heavy atom.